The molecule has 0 aromatic heterocycles. The van der Waals surface area contributed by atoms with Gasteiger partial charge in [-0.3, -0.25) is 0 Å². The van der Waals surface area contributed by atoms with E-state index < -0.39 is 0 Å². The zero-order valence-corrected chi connectivity index (χ0v) is 21.2. The van der Waals surface area contributed by atoms with Crippen LogP contribution in [0.1, 0.15) is 65.5 Å². The average molecular weight is 461 g/mol. The number of hydrogen-bond donors (Lipinski definition) is 0. The van der Waals surface area contributed by atoms with Crippen molar-refractivity contribution in [2.75, 3.05) is 33.7 Å². The summed E-state index contributed by atoms with van der Waals surface area (Å²) in [5, 5.41) is 3.10. The molecule has 1 aromatic carbocycles. The van der Waals surface area contributed by atoms with Gasteiger partial charge in [-0.1, -0.05) is 33.6 Å². The van der Waals surface area contributed by atoms with Gasteiger partial charge in [-0.2, -0.15) is 0 Å². The molecule has 1 aliphatic carbocycles. The van der Waals surface area contributed by atoms with Crippen LogP contribution in [-0.2, 0) is 29.8 Å². The summed E-state index contributed by atoms with van der Waals surface area (Å²) >= 11 is 1.43. The van der Waals surface area contributed by atoms with Crippen molar-refractivity contribution >= 4 is 17.7 Å². The summed E-state index contributed by atoms with van der Waals surface area (Å²) in [5.41, 5.74) is 3.27. The molecule has 0 saturated carbocycles. The lowest BCUT2D eigenvalue weighted by Gasteiger charge is -2.42. The highest BCUT2D eigenvalue weighted by atomic mass is 32.2. The second kappa shape index (κ2) is 11.8. The molecule has 0 saturated heterocycles. The van der Waals surface area contributed by atoms with Crippen LogP contribution in [0.3, 0.4) is 0 Å². The summed E-state index contributed by atoms with van der Waals surface area (Å²) in [5.74, 6) is 3.50. The van der Waals surface area contributed by atoms with E-state index in [0.717, 1.165) is 23.5 Å². The molecule has 0 spiro atoms. The lowest BCUT2D eigenvalue weighted by molar-refractivity contribution is -0.137. The van der Waals surface area contributed by atoms with Crippen LogP contribution in [0.15, 0.2) is 28.7 Å². The molecule has 0 bridgehead atoms. The zero-order chi connectivity index (χ0) is 23.8. The first-order valence-electron chi connectivity index (χ1n) is 11.0. The molecule has 0 fully saturated rings. The number of carbonyl (C=O) groups excluding carboxylic acids is 1. The van der Waals surface area contributed by atoms with E-state index in [1.807, 2.05) is 6.07 Å². The number of methoxy groups -OCH3 is 1. The number of thioether (sulfide) groups is 1. The van der Waals surface area contributed by atoms with Crippen LogP contribution >= 0.6 is 11.8 Å². The molecule has 32 heavy (non-hydrogen) atoms. The van der Waals surface area contributed by atoms with Crippen LogP contribution in [0.25, 0.3) is 0 Å². The fourth-order valence-electron chi connectivity index (χ4n) is 3.75. The third-order valence-corrected chi connectivity index (χ3v) is 6.30. The van der Waals surface area contributed by atoms with E-state index in [4.69, 9.17) is 18.9 Å². The molecule has 1 aromatic rings. The number of benzene rings is 1. The van der Waals surface area contributed by atoms with E-state index in [0.29, 0.717) is 25.4 Å². The predicted octanol–water partition coefficient (Wildman–Crippen LogP) is 5.60. The Bertz CT molecular complexity index is 889. The molecule has 0 radical (unpaired) electrons. The highest BCUT2D eigenvalue weighted by Gasteiger charge is 2.39. The third-order valence-electron chi connectivity index (χ3n) is 5.62. The number of fused-ring (bicyclic) bond motifs is 1. The first-order valence-corrected chi connectivity index (χ1v) is 11.8. The van der Waals surface area contributed by atoms with Gasteiger partial charge >= 0.3 is 5.97 Å². The van der Waals surface area contributed by atoms with Gasteiger partial charge in [0.15, 0.2) is 6.79 Å². The van der Waals surface area contributed by atoms with E-state index in [-0.39, 0.29) is 23.6 Å². The number of ether oxygens (including phenoxy) is 4. The summed E-state index contributed by atoms with van der Waals surface area (Å²) < 4.78 is 21.6. The van der Waals surface area contributed by atoms with Crippen molar-refractivity contribution in [3.63, 3.8) is 0 Å². The Balaban J connectivity index is 2.32. The van der Waals surface area contributed by atoms with Crippen molar-refractivity contribution in [3.05, 3.63) is 34.9 Å². The van der Waals surface area contributed by atoms with Gasteiger partial charge < -0.3 is 18.9 Å². The summed E-state index contributed by atoms with van der Waals surface area (Å²) in [6, 6.07) is 4.28. The molecule has 0 aliphatic heterocycles. The second-order valence-corrected chi connectivity index (χ2v) is 10.1. The Kier molecular flexibility index (Phi) is 9.69. The van der Waals surface area contributed by atoms with Gasteiger partial charge in [-0.05, 0) is 72.2 Å². The summed E-state index contributed by atoms with van der Waals surface area (Å²) in [4.78, 5) is 12.6. The summed E-state index contributed by atoms with van der Waals surface area (Å²) in [6.07, 6.45) is 3.62. The van der Waals surface area contributed by atoms with Gasteiger partial charge in [0.25, 0.3) is 0 Å². The molecule has 2 rings (SSSR count). The maximum absolute atomic E-state index is 11.6. The molecular weight excluding hydrogens is 424 g/mol. The second-order valence-electron chi connectivity index (χ2n) is 9.18. The SMILES string of the molecule is CCOC(=O)C=C(C)C#CSc1cc(OCOCCOC)c2c(c1)C(C)(C)CCC2(C)C. The van der Waals surface area contributed by atoms with Gasteiger partial charge in [0.05, 0.1) is 19.8 Å². The lowest BCUT2D eigenvalue weighted by atomic mass is 9.63. The molecule has 0 heterocycles. The van der Waals surface area contributed by atoms with E-state index >= 15 is 0 Å². The fourth-order valence-corrected chi connectivity index (χ4v) is 4.42. The lowest BCUT2D eigenvalue weighted by Crippen LogP contribution is -2.34. The fraction of sp³-hybridized carbons (Fsp3) is 0.577. The average Bonchev–Trinajstić information content (AvgIpc) is 2.71. The van der Waals surface area contributed by atoms with Crippen LogP contribution in [-0.4, -0.2) is 39.7 Å². The number of esters is 1. The number of hydrogen-bond acceptors (Lipinski definition) is 6. The first kappa shape index (κ1) is 26.3. The predicted molar refractivity (Wildman–Crippen MR) is 129 cm³/mol. The number of allylic oxidation sites excluding steroid dienone is 1. The molecular formula is C26H36O5S. The first-order chi connectivity index (χ1) is 15.1. The number of carbonyl (C=O) groups is 1. The standard InChI is InChI=1S/C26H36O5S/c1-8-30-23(27)15-19(2)9-14-32-20-16-21-24(26(5,6)11-10-25(21,3)4)22(17-20)31-18-29-13-12-28-7/h15-17H,8,10-13,18H2,1-7H3. The van der Waals surface area contributed by atoms with E-state index in [2.05, 4.69) is 44.9 Å². The van der Waals surface area contributed by atoms with Gasteiger partial charge in [0.1, 0.15) is 5.75 Å². The van der Waals surface area contributed by atoms with E-state index in [1.54, 1.807) is 21.0 Å². The highest BCUT2D eigenvalue weighted by Crippen LogP contribution is 2.50. The van der Waals surface area contributed by atoms with Crippen molar-refractivity contribution in [2.45, 2.75) is 70.1 Å². The smallest absolute Gasteiger partial charge is 0.331 e. The molecule has 0 amide bonds. The van der Waals surface area contributed by atoms with Gasteiger partial charge in [0.2, 0.25) is 0 Å². The van der Waals surface area contributed by atoms with Crippen LogP contribution in [0, 0.1) is 11.2 Å². The quantitative estimate of drug-likeness (QED) is 0.119. The van der Waals surface area contributed by atoms with Crippen LogP contribution in [0.5, 0.6) is 5.75 Å². The zero-order valence-electron chi connectivity index (χ0n) is 20.4. The number of rotatable bonds is 9. The molecule has 6 heteroatoms. The molecule has 1 aliphatic rings. The van der Waals surface area contributed by atoms with Crippen molar-refractivity contribution in [3.8, 4) is 16.9 Å². The summed E-state index contributed by atoms with van der Waals surface area (Å²) in [6.45, 7) is 14.2. The summed E-state index contributed by atoms with van der Waals surface area (Å²) in [7, 11) is 1.65. The van der Waals surface area contributed by atoms with Gasteiger partial charge in [0, 0.05) is 29.2 Å². The largest absolute Gasteiger partial charge is 0.467 e. The van der Waals surface area contributed by atoms with Crippen LogP contribution in [0.2, 0.25) is 0 Å². The maximum atomic E-state index is 11.6. The van der Waals surface area contributed by atoms with E-state index in [1.165, 1.54) is 29.0 Å². The van der Waals surface area contributed by atoms with Crippen LogP contribution in [0.4, 0.5) is 0 Å². The Morgan fingerprint density at radius 3 is 2.56 bits per heavy atom. The van der Waals surface area contributed by atoms with E-state index in [9.17, 15) is 4.79 Å². The topological polar surface area (TPSA) is 54.0 Å². The van der Waals surface area contributed by atoms with Gasteiger partial charge in [-0.25, -0.2) is 4.79 Å². The Morgan fingerprint density at radius 2 is 1.88 bits per heavy atom. The Hall–Kier alpha value is -1.94. The monoisotopic (exact) mass is 460 g/mol. The third kappa shape index (κ3) is 7.30. The van der Waals surface area contributed by atoms with Crippen molar-refractivity contribution in [2.24, 2.45) is 0 Å². The molecule has 0 unspecified atom stereocenters. The molecule has 0 atom stereocenters. The minimum atomic E-state index is -0.369. The van der Waals surface area contributed by atoms with Crippen LogP contribution < -0.4 is 4.74 Å². The Morgan fingerprint density at radius 1 is 1.16 bits per heavy atom. The van der Waals surface area contributed by atoms with Crippen molar-refractivity contribution < 1.29 is 23.7 Å². The Labute approximate surface area is 197 Å². The van der Waals surface area contributed by atoms with Crippen molar-refractivity contribution in [1.82, 2.24) is 0 Å². The minimum Gasteiger partial charge on any atom is -0.467 e. The normalized spacial score (nSPS) is 16.5. The van der Waals surface area contributed by atoms with Crippen molar-refractivity contribution in [1.29, 1.82) is 0 Å². The highest BCUT2D eigenvalue weighted by molar-refractivity contribution is 8.04. The minimum absolute atomic E-state index is 0.0144. The molecule has 5 nitrogen and oxygen atoms in total. The molecule has 0 N–H and O–H groups in total. The molecule has 176 valence electrons. The maximum Gasteiger partial charge on any atom is 0.331 e. The van der Waals surface area contributed by atoms with Gasteiger partial charge in [-0.15, -0.1) is 0 Å².